The van der Waals surface area contributed by atoms with Crippen LogP contribution in [0.15, 0.2) is 17.5 Å². The average molecular weight is 512 g/mol. The van der Waals surface area contributed by atoms with E-state index in [9.17, 15) is 29.4 Å². The lowest BCUT2D eigenvalue weighted by Crippen LogP contribution is -2.59. The third kappa shape index (κ3) is 10.3. The average Bonchev–Trinajstić information content (AvgIpc) is 3.30. The van der Waals surface area contributed by atoms with E-state index in [0.717, 1.165) is 0 Å². The number of nitrogens with zero attached hydrogens (tertiary/aromatic N) is 2. The lowest BCUT2D eigenvalue weighted by atomic mass is 10.0. The fraction of sp³-hybridized carbons (Fsp3) is 0.619. The van der Waals surface area contributed by atoms with Crippen molar-refractivity contribution in [1.82, 2.24) is 25.9 Å². The van der Waals surface area contributed by atoms with Crippen molar-refractivity contribution in [3.63, 3.8) is 0 Å². The van der Waals surface area contributed by atoms with Gasteiger partial charge in [0.15, 0.2) is 5.96 Å². The van der Waals surface area contributed by atoms with E-state index in [4.69, 9.17) is 17.2 Å². The van der Waals surface area contributed by atoms with E-state index < -0.39 is 59.9 Å². The Labute approximate surface area is 208 Å². The van der Waals surface area contributed by atoms with Crippen molar-refractivity contribution in [2.45, 2.75) is 70.3 Å². The van der Waals surface area contributed by atoms with Gasteiger partial charge in [0.1, 0.15) is 24.2 Å². The van der Waals surface area contributed by atoms with Crippen molar-refractivity contribution in [2.75, 3.05) is 6.54 Å². The highest BCUT2D eigenvalue weighted by molar-refractivity contribution is 5.94. The van der Waals surface area contributed by atoms with E-state index in [0.29, 0.717) is 12.1 Å². The Bertz CT molecular complexity index is 900. The molecular formula is C21H37N9O6. The van der Waals surface area contributed by atoms with E-state index in [-0.39, 0.29) is 25.3 Å². The van der Waals surface area contributed by atoms with E-state index in [1.165, 1.54) is 19.4 Å². The fourth-order valence-electron chi connectivity index (χ4n) is 3.13. The molecule has 0 fully saturated rings. The zero-order chi connectivity index (χ0) is 27.4. The number of rotatable bonds is 15. The predicted octanol–water partition coefficient (Wildman–Crippen LogP) is -3.09. The van der Waals surface area contributed by atoms with Crippen LogP contribution in [-0.4, -0.2) is 86.6 Å². The number of amides is 3. The summed E-state index contributed by atoms with van der Waals surface area (Å²) in [5.74, 6) is -3.97. The van der Waals surface area contributed by atoms with Crippen LogP contribution >= 0.6 is 0 Å². The highest BCUT2D eigenvalue weighted by Gasteiger charge is 2.32. The number of carboxylic acid groups (broad SMARTS) is 1. The van der Waals surface area contributed by atoms with Crippen LogP contribution in [0.2, 0.25) is 0 Å². The molecule has 5 atom stereocenters. The van der Waals surface area contributed by atoms with Crippen LogP contribution in [0.5, 0.6) is 0 Å². The SMILES string of the molecule is CC(C)C(NC(=O)C(N)C(C)O)C(=O)NC(CCCN=C(N)N)C(=O)NC(Cc1cnc[nH]1)C(=O)O. The summed E-state index contributed by atoms with van der Waals surface area (Å²) in [5.41, 5.74) is 16.8. The summed E-state index contributed by atoms with van der Waals surface area (Å²) in [6, 6.07) is -4.77. The second-order valence-electron chi connectivity index (χ2n) is 8.69. The highest BCUT2D eigenvalue weighted by atomic mass is 16.4. The molecule has 0 aliphatic rings. The van der Waals surface area contributed by atoms with Gasteiger partial charge in [-0.25, -0.2) is 9.78 Å². The molecule has 15 heteroatoms. The standard InChI is InChI=1S/C21H37N9O6/c1-10(2)16(30-18(33)15(22)11(3)31)19(34)28-13(5-4-6-26-21(23)24)17(32)29-14(20(35)36)7-12-8-25-9-27-12/h8-11,13-16,31H,4-7,22H2,1-3H3,(H,25,27)(H,28,34)(H,29,32)(H,30,33)(H,35,36)(H4,23,24,26). The number of aromatic amines is 1. The number of guanidine groups is 1. The Kier molecular flexibility index (Phi) is 12.3. The molecule has 1 heterocycles. The van der Waals surface area contributed by atoms with Crippen molar-refractivity contribution in [3.05, 3.63) is 18.2 Å². The summed E-state index contributed by atoms with van der Waals surface area (Å²) in [6.45, 7) is 4.87. The Morgan fingerprint density at radius 3 is 2.19 bits per heavy atom. The minimum Gasteiger partial charge on any atom is -0.480 e. The minimum atomic E-state index is -1.29. The number of hydrogen-bond acceptors (Lipinski definition) is 8. The molecular weight excluding hydrogens is 474 g/mol. The van der Waals surface area contributed by atoms with Crippen molar-refractivity contribution >= 4 is 29.7 Å². The molecule has 12 N–H and O–H groups in total. The molecule has 0 saturated carbocycles. The quantitative estimate of drug-likeness (QED) is 0.0650. The van der Waals surface area contributed by atoms with Gasteiger partial charge in [-0.15, -0.1) is 0 Å². The van der Waals surface area contributed by atoms with Crippen LogP contribution in [0.1, 0.15) is 39.3 Å². The number of aliphatic hydroxyl groups excluding tert-OH is 1. The van der Waals surface area contributed by atoms with Crippen molar-refractivity contribution < 1.29 is 29.4 Å². The summed E-state index contributed by atoms with van der Waals surface area (Å²) in [7, 11) is 0. The third-order valence-electron chi connectivity index (χ3n) is 5.24. The number of aliphatic hydroxyl groups is 1. The number of aromatic nitrogens is 2. The molecule has 0 aliphatic carbocycles. The van der Waals surface area contributed by atoms with Crippen molar-refractivity contribution in [2.24, 2.45) is 28.1 Å². The van der Waals surface area contributed by atoms with Crippen LogP contribution in [0.4, 0.5) is 0 Å². The second kappa shape index (κ2) is 14.6. The fourth-order valence-corrected chi connectivity index (χ4v) is 3.13. The molecule has 36 heavy (non-hydrogen) atoms. The highest BCUT2D eigenvalue weighted by Crippen LogP contribution is 2.07. The van der Waals surface area contributed by atoms with Gasteiger partial charge in [0.2, 0.25) is 17.7 Å². The summed E-state index contributed by atoms with van der Waals surface area (Å²) in [6.07, 6.45) is 1.99. The zero-order valence-corrected chi connectivity index (χ0v) is 20.6. The molecule has 0 radical (unpaired) electrons. The lowest BCUT2D eigenvalue weighted by Gasteiger charge is -2.27. The maximum atomic E-state index is 13.0. The molecule has 0 spiro atoms. The van der Waals surface area contributed by atoms with Crippen LogP contribution in [0.25, 0.3) is 0 Å². The van der Waals surface area contributed by atoms with Gasteiger partial charge >= 0.3 is 5.97 Å². The Morgan fingerprint density at radius 2 is 1.69 bits per heavy atom. The van der Waals surface area contributed by atoms with Crippen molar-refractivity contribution in [3.8, 4) is 0 Å². The number of H-pyrrole nitrogens is 1. The molecule has 5 unspecified atom stereocenters. The van der Waals surface area contributed by atoms with E-state index in [1.807, 2.05) is 0 Å². The molecule has 0 saturated heterocycles. The maximum Gasteiger partial charge on any atom is 0.326 e. The minimum absolute atomic E-state index is 0.0579. The molecule has 1 aromatic heterocycles. The van der Waals surface area contributed by atoms with E-state index in [2.05, 4.69) is 30.9 Å². The van der Waals surface area contributed by atoms with Crippen molar-refractivity contribution in [1.29, 1.82) is 0 Å². The van der Waals surface area contributed by atoms with Gasteiger partial charge in [-0.05, 0) is 25.7 Å². The number of carbonyl (C=O) groups excluding carboxylic acids is 3. The Hall–Kier alpha value is -3.72. The lowest BCUT2D eigenvalue weighted by molar-refractivity contribution is -0.142. The van der Waals surface area contributed by atoms with Gasteiger partial charge < -0.3 is 48.3 Å². The number of carbonyl (C=O) groups is 4. The van der Waals surface area contributed by atoms with Crippen LogP contribution < -0.4 is 33.2 Å². The number of nitrogens with two attached hydrogens (primary N) is 3. The molecule has 202 valence electrons. The first-order chi connectivity index (χ1) is 16.8. The second-order valence-corrected chi connectivity index (χ2v) is 8.69. The Balaban J connectivity index is 3.02. The summed E-state index contributed by atoms with van der Waals surface area (Å²) in [5, 5.41) is 26.6. The molecule has 0 bridgehead atoms. The molecule has 0 aliphatic heterocycles. The summed E-state index contributed by atoms with van der Waals surface area (Å²) in [4.78, 5) is 60.5. The monoisotopic (exact) mass is 511 g/mol. The number of nitrogens with one attached hydrogen (secondary N) is 4. The molecule has 3 amide bonds. The third-order valence-corrected chi connectivity index (χ3v) is 5.24. The first-order valence-electron chi connectivity index (χ1n) is 11.4. The maximum absolute atomic E-state index is 13.0. The summed E-state index contributed by atoms with van der Waals surface area (Å²) >= 11 is 0. The van der Waals surface area contributed by atoms with Gasteiger partial charge in [0.05, 0.1) is 12.4 Å². The molecule has 0 aromatic carbocycles. The topological polar surface area (TPSA) is 264 Å². The first kappa shape index (κ1) is 30.3. The molecule has 1 rings (SSSR count). The van der Waals surface area contributed by atoms with E-state index >= 15 is 0 Å². The molecule has 15 nitrogen and oxygen atoms in total. The van der Waals surface area contributed by atoms with Gasteiger partial charge in [-0.1, -0.05) is 13.8 Å². The number of hydrogen-bond donors (Lipinski definition) is 9. The number of aliphatic carboxylic acids is 1. The number of imidazole rings is 1. The largest absolute Gasteiger partial charge is 0.480 e. The van der Waals surface area contributed by atoms with Gasteiger partial charge in [0, 0.05) is 24.9 Å². The summed E-state index contributed by atoms with van der Waals surface area (Å²) < 4.78 is 0. The first-order valence-corrected chi connectivity index (χ1v) is 11.4. The predicted molar refractivity (Wildman–Crippen MR) is 130 cm³/mol. The normalized spacial score (nSPS) is 15.2. The van der Waals surface area contributed by atoms with Crippen LogP contribution in [0.3, 0.4) is 0 Å². The Morgan fingerprint density at radius 1 is 1.06 bits per heavy atom. The van der Waals surface area contributed by atoms with Crippen LogP contribution in [0, 0.1) is 5.92 Å². The van der Waals surface area contributed by atoms with Gasteiger partial charge in [-0.2, -0.15) is 0 Å². The van der Waals surface area contributed by atoms with Gasteiger partial charge in [-0.3, -0.25) is 19.4 Å². The van der Waals surface area contributed by atoms with E-state index in [1.54, 1.807) is 13.8 Å². The number of aliphatic imine (C=N–C) groups is 1. The van der Waals surface area contributed by atoms with Crippen LogP contribution in [-0.2, 0) is 25.6 Å². The van der Waals surface area contributed by atoms with Gasteiger partial charge in [0.25, 0.3) is 0 Å². The smallest absolute Gasteiger partial charge is 0.326 e. The zero-order valence-electron chi connectivity index (χ0n) is 20.6. The molecule has 1 aromatic rings. The number of carboxylic acids is 1.